The lowest BCUT2D eigenvalue weighted by Crippen LogP contribution is -2.30. The van der Waals surface area contributed by atoms with Crippen molar-refractivity contribution in [1.82, 2.24) is 9.78 Å². The number of hydrogen-bond acceptors (Lipinski definition) is 4. The van der Waals surface area contributed by atoms with Crippen molar-refractivity contribution in [2.24, 2.45) is 5.73 Å². The molecule has 0 bridgehead atoms. The Kier molecular flexibility index (Phi) is 4.43. The molecule has 2 rings (SSSR count). The molecule has 1 aromatic heterocycles. The first-order valence-electron chi connectivity index (χ1n) is 6.96. The average Bonchev–Trinajstić information content (AvgIpc) is 2.48. The van der Waals surface area contributed by atoms with Gasteiger partial charge in [-0.25, -0.2) is 4.68 Å². The van der Waals surface area contributed by atoms with Gasteiger partial charge in [0.25, 0.3) is 5.56 Å². The monoisotopic (exact) mass is 287 g/mol. The highest BCUT2D eigenvalue weighted by Crippen LogP contribution is 2.28. The molecule has 1 heterocycles. The van der Waals surface area contributed by atoms with E-state index in [0.717, 1.165) is 16.8 Å². The second kappa shape index (κ2) is 6.10. The molecule has 0 radical (unpaired) electrons. The summed E-state index contributed by atoms with van der Waals surface area (Å²) >= 11 is 0. The second-order valence-corrected chi connectivity index (χ2v) is 5.09. The fourth-order valence-corrected chi connectivity index (χ4v) is 2.40. The standard InChI is InChI=1S/C16H21N3O2/c1-5-19-16(20)13(9-11(3)18-19)15(17)12-8-10(2)6-7-14(12)21-4/h6-9,15H,5,17H2,1-4H3. The lowest BCUT2D eigenvalue weighted by atomic mass is 9.98. The van der Waals surface area contributed by atoms with Gasteiger partial charge in [-0.15, -0.1) is 0 Å². The minimum atomic E-state index is -0.535. The van der Waals surface area contributed by atoms with Crippen LogP contribution in [-0.2, 0) is 6.54 Å². The molecule has 0 saturated heterocycles. The summed E-state index contributed by atoms with van der Waals surface area (Å²) in [6.45, 7) is 6.24. The number of benzene rings is 1. The summed E-state index contributed by atoms with van der Waals surface area (Å²) in [6, 6.07) is 7.00. The van der Waals surface area contributed by atoms with Gasteiger partial charge in [0.05, 0.1) is 18.8 Å². The van der Waals surface area contributed by atoms with Crippen LogP contribution < -0.4 is 16.0 Å². The number of ether oxygens (including phenoxy) is 1. The molecule has 0 aliphatic heterocycles. The lowest BCUT2D eigenvalue weighted by molar-refractivity contribution is 0.407. The summed E-state index contributed by atoms with van der Waals surface area (Å²) in [6.07, 6.45) is 0. The van der Waals surface area contributed by atoms with E-state index in [4.69, 9.17) is 10.5 Å². The number of methoxy groups -OCH3 is 1. The molecular weight excluding hydrogens is 266 g/mol. The molecule has 2 N–H and O–H groups in total. The molecule has 1 aromatic carbocycles. The number of hydrogen-bond donors (Lipinski definition) is 1. The van der Waals surface area contributed by atoms with Gasteiger partial charge >= 0.3 is 0 Å². The smallest absolute Gasteiger partial charge is 0.271 e. The Morgan fingerprint density at radius 1 is 1.29 bits per heavy atom. The van der Waals surface area contributed by atoms with E-state index in [1.807, 2.05) is 39.0 Å². The predicted molar refractivity (Wildman–Crippen MR) is 82.7 cm³/mol. The maximum atomic E-state index is 12.4. The maximum Gasteiger partial charge on any atom is 0.271 e. The summed E-state index contributed by atoms with van der Waals surface area (Å²) in [5, 5.41) is 4.21. The first kappa shape index (κ1) is 15.3. The minimum Gasteiger partial charge on any atom is -0.496 e. The third-order valence-corrected chi connectivity index (χ3v) is 3.48. The van der Waals surface area contributed by atoms with E-state index in [0.29, 0.717) is 17.9 Å². The Bertz CT molecular complexity index is 707. The van der Waals surface area contributed by atoms with Crippen molar-refractivity contribution in [1.29, 1.82) is 0 Å². The Labute approximate surface area is 124 Å². The van der Waals surface area contributed by atoms with Crippen LogP contribution in [0.15, 0.2) is 29.1 Å². The zero-order chi connectivity index (χ0) is 15.6. The highest BCUT2D eigenvalue weighted by Gasteiger charge is 2.19. The maximum absolute atomic E-state index is 12.4. The van der Waals surface area contributed by atoms with Crippen molar-refractivity contribution in [2.75, 3.05) is 7.11 Å². The van der Waals surface area contributed by atoms with E-state index in [9.17, 15) is 4.79 Å². The highest BCUT2D eigenvalue weighted by molar-refractivity contribution is 5.43. The van der Waals surface area contributed by atoms with Gasteiger partial charge in [-0.2, -0.15) is 5.10 Å². The Morgan fingerprint density at radius 2 is 2.00 bits per heavy atom. The fraction of sp³-hybridized carbons (Fsp3) is 0.375. The summed E-state index contributed by atoms with van der Waals surface area (Å²) in [5.41, 5.74) is 9.37. The molecule has 0 spiro atoms. The minimum absolute atomic E-state index is 0.154. The molecule has 0 fully saturated rings. The normalized spacial score (nSPS) is 12.2. The van der Waals surface area contributed by atoms with Gasteiger partial charge < -0.3 is 10.5 Å². The highest BCUT2D eigenvalue weighted by atomic mass is 16.5. The van der Waals surface area contributed by atoms with Crippen LogP contribution in [0, 0.1) is 13.8 Å². The molecule has 0 aliphatic rings. The van der Waals surface area contributed by atoms with Gasteiger partial charge in [0, 0.05) is 17.7 Å². The first-order chi connectivity index (χ1) is 9.97. The molecule has 21 heavy (non-hydrogen) atoms. The zero-order valence-corrected chi connectivity index (χ0v) is 12.9. The number of nitrogens with two attached hydrogens (primary N) is 1. The number of aromatic nitrogens is 2. The van der Waals surface area contributed by atoms with Crippen LogP contribution in [0.1, 0.15) is 35.3 Å². The molecule has 1 unspecified atom stereocenters. The molecule has 2 aromatic rings. The fourth-order valence-electron chi connectivity index (χ4n) is 2.40. The molecule has 5 nitrogen and oxygen atoms in total. The van der Waals surface area contributed by atoms with Crippen LogP contribution in [0.3, 0.4) is 0 Å². The first-order valence-corrected chi connectivity index (χ1v) is 6.96. The van der Waals surface area contributed by atoms with Gasteiger partial charge in [-0.05, 0) is 32.9 Å². The predicted octanol–water partition coefficient (Wildman–Crippen LogP) is 1.94. The molecule has 1 atom stereocenters. The van der Waals surface area contributed by atoms with Crippen LogP contribution >= 0.6 is 0 Å². The van der Waals surface area contributed by atoms with Gasteiger partial charge in [-0.1, -0.05) is 17.7 Å². The third kappa shape index (κ3) is 2.97. The van der Waals surface area contributed by atoms with E-state index >= 15 is 0 Å². The van der Waals surface area contributed by atoms with Crippen LogP contribution in [0.4, 0.5) is 0 Å². The van der Waals surface area contributed by atoms with Gasteiger partial charge in [0.2, 0.25) is 0 Å². The van der Waals surface area contributed by atoms with Crippen molar-refractivity contribution in [3.8, 4) is 5.75 Å². The molecule has 0 amide bonds. The largest absolute Gasteiger partial charge is 0.496 e. The van der Waals surface area contributed by atoms with Crippen LogP contribution in [0.2, 0.25) is 0 Å². The Morgan fingerprint density at radius 3 is 2.62 bits per heavy atom. The third-order valence-electron chi connectivity index (χ3n) is 3.48. The van der Waals surface area contributed by atoms with Gasteiger partial charge in [0.1, 0.15) is 5.75 Å². The molecule has 0 saturated carbocycles. The quantitative estimate of drug-likeness (QED) is 0.933. The van der Waals surface area contributed by atoms with Gasteiger partial charge in [0.15, 0.2) is 0 Å². The van der Waals surface area contributed by atoms with E-state index in [1.54, 1.807) is 13.2 Å². The summed E-state index contributed by atoms with van der Waals surface area (Å²) in [4.78, 5) is 12.4. The summed E-state index contributed by atoms with van der Waals surface area (Å²) < 4.78 is 6.80. The molecule has 5 heteroatoms. The van der Waals surface area contributed by atoms with Crippen LogP contribution in [0.25, 0.3) is 0 Å². The van der Waals surface area contributed by atoms with E-state index in [-0.39, 0.29) is 5.56 Å². The molecule has 112 valence electrons. The van der Waals surface area contributed by atoms with Crippen molar-refractivity contribution in [3.05, 3.63) is 57.0 Å². The topological polar surface area (TPSA) is 70.1 Å². The van der Waals surface area contributed by atoms with Gasteiger partial charge in [-0.3, -0.25) is 4.79 Å². The van der Waals surface area contributed by atoms with E-state index in [1.165, 1.54) is 4.68 Å². The number of nitrogens with zero attached hydrogens (tertiary/aromatic N) is 2. The summed E-state index contributed by atoms with van der Waals surface area (Å²) in [5.74, 6) is 0.685. The number of aryl methyl sites for hydroxylation is 3. The van der Waals surface area contributed by atoms with Crippen molar-refractivity contribution in [2.45, 2.75) is 33.4 Å². The SMILES string of the molecule is CCn1nc(C)cc(C(N)c2cc(C)ccc2OC)c1=O. The average molecular weight is 287 g/mol. The van der Waals surface area contributed by atoms with Crippen molar-refractivity contribution in [3.63, 3.8) is 0 Å². The number of rotatable bonds is 4. The second-order valence-electron chi connectivity index (χ2n) is 5.09. The Hall–Kier alpha value is -2.14. The van der Waals surface area contributed by atoms with Crippen LogP contribution in [0.5, 0.6) is 5.75 Å². The van der Waals surface area contributed by atoms with Crippen LogP contribution in [-0.4, -0.2) is 16.9 Å². The van der Waals surface area contributed by atoms with E-state index in [2.05, 4.69) is 5.10 Å². The lowest BCUT2D eigenvalue weighted by Gasteiger charge is -2.17. The molecular formula is C16H21N3O2. The summed E-state index contributed by atoms with van der Waals surface area (Å²) in [7, 11) is 1.60. The van der Waals surface area contributed by atoms with Crippen molar-refractivity contribution >= 4 is 0 Å². The Balaban J connectivity index is 2.60. The zero-order valence-electron chi connectivity index (χ0n) is 12.9. The van der Waals surface area contributed by atoms with Crippen molar-refractivity contribution < 1.29 is 4.74 Å². The molecule has 0 aliphatic carbocycles. The van der Waals surface area contributed by atoms with E-state index < -0.39 is 6.04 Å².